The molecule has 0 spiro atoms. The molecule has 0 aromatic carbocycles. The molecule has 0 fully saturated rings. The molecule has 2 aromatic rings. The van der Waals surface area contributed by atoms with Crippen LogP contribution in [0.25, 0.3) is 5.65 Å². The first-order chi connectivity index (χ1) is 8.29. The van der Waals surface area contributed by atoms with Crippen molar-refractivity contribution in [2.24, 2.45) is 0 Å². The number of anilines is 1. The Morgan fingerprint density at radius 3 is 3.06 bits per heavy atom. The molecule has 2 N–H and O–H groups in total. The van der Waals surface area contributed by atoms with E-state index in [1.165, 1.54) is 0 Å². The smallest absolute Gasteiger partial charge is 0.243 e. The number of rotatable bonds is 6. The zero-order valence-electron chi connectivity index (χ0n) is 9.78. The lowest BCUT2D eigenvalue weighted by molar-refractivity contribution is 0.687. The Kier molecular flexibility index (Phi) is 4.33. The largest absolute Gasteiger partial charge is 0.353 e. The molecule has 0 radical (unpaired) electrons. The molecule has 92 valence electrons. The third-order valence-electron chi connectivity index (χ3n) is 2.36. The van der Waals surface area contributed by atoms with E-state index in [1.807, 2.05) is 18.3 Å². The predicted molar refractivity (Wildman–Crippen MR) is 72.3 cm³/mol. The van der Waals surface area contributed by atoms with E-state index >= 15 is 0 Å². The molecule has 2 heterocycles. The fourth-order valence-corrected chi connectivity index (χ4v) is 1.85. The van der Waals surface area contributed by atoms with Crippen molar-refractivity contribution >= 4 is 27.5 Å². The van der Waals surface area contributed by atoms with E-state index in [9.17, 15) is 0 Å². The summed E-state index contributed by atoms with van der Waals surface area (Å²) in [5, 5.41) is 10.8. The molecule has 0 aliphatic heterocycles. The van der Waals surface area contributed by atoms with Gasteiger partial charge in [-0.2, -0.15) is 4.98 Å². The molecule has 0 amide bonds. The van der Waals surface area contributed by atoms with Gasteiger partial charge in [-0.3, -0.25) is 0 Å². The molecule has 0 bridgehead atoms. The highest BCUT2D eigenvalue weighted by molar-refractivity contribution is 9.10. The maximum atomic E-state index is 4.37. The van der Waals surface area contributed by atoms with Gasteiger partial charge in [-0.15, -0.1) is 5.10 Å². The van der Waals surface area contributed by atoms with E-state index in [0.717, 1.165) is 36.2 Å². The van der Waals surface area contributed by atoms with Crippen molar-refractivity contribution in [3.05, 3.63) is 22.8 Å². The SMILES string of the molecule is CCNCCCNc1nc2ccc(Br)cn2n1. The summed E-state index contributed by atoms with van der Waals surface area (Å²) in [6.45, 7) is 5.02. The van der Waals surface area contributed by atoms with Crippen molar-refractivity contribution in [3.63, 3.8) is 0 Å². The van der Waals surface area contributed by atoms with Crippen LogP contribution in [0.1, 0.15) is 13.3 Å². The van der Waals surface area contributed by atoms with Gasteiger partial charge in [-0.25, -0.2) is 4.52 Å². The van der Waals surface area contributed by atoms with Crippen molar-refractivity contribution in [3.8, 4) is 0 Å². The van der Waals surface area contributed by atoms with Gasteiger partial charge < -0.3 is 10.6 Å². The molecular weight excluding hydrogens is 282 g/mol. The molecule has 17 heavy (non-hydrogen) atoms. The molecule has 0 aliphatic rings. The number of hydrogen-bond acceptors (Lipinski definition) is 4. The highest BCUT2D eigenvalue weighted by Gasteiger charge is 2.02. The highest BCUT2D eigenvalue weighted by atomic mass is 79.9. The summed E-state index contributed by atoms with van der Waals surface area (Å²) >= 11 is 3.41. The van der Waals surface area contributed by atoms with Crippen molar-refractivity contribution in [1.82, 2.24) is 19.9 Å². The first-order valence-corrected chi connectivity index (χ1v) is 6.55. The number of pyridine rings is 1. The summed E-state index contributed by atoms with van der Waals surface area (Å²) < 4.78 is 2.75. The van der Waals surface area contributed by atoms with E-state index in [-0.39, 0.29) is 0 Å². The minimum atomic E-state index is 0.680. The third-order valence-corrected chi connectivity index (χ3v) is 2.83. The number of halogens is 1. The Balaban J connectivity index is 1.91. The van der Waals surface area contributed by atoms with Crippen LogP contribution in [0.15, 0.2) is 22.8 Å². The van der Waals surface area contributed by atoms with Gasteiger partial charge in [-0.05, 0) is 47.6 Å². The van der Waals surface area contributed by atoms with Crippen molar-refractivity contribution in [1.29, 1.82) is 0 Å². The lowest BCUT2D eigenvalue weighted by atomic mass is 10.4. The maximum Gasteiger partial charge on any atom is 0.243 e. The monoisotopic (exact) mass is 297 g/mol. The highest BCUT2D eigenvalue weighted by Crippen LogP contribution is 2.11. The molecule has 2 aromatic heterocycles. The Morgan fingerprint density at radius 1 is 1.35 bits per heavy atom. The first kappa shape index (κ1) is 12.3. The fraction of sp³-hybridized carbons (Fsp3) is 0.455. The van der Waals surface area contributed by atoms with Crippen molar-refractivity contribution in [2.45, 2.75) is 13.3 Å². The maximum absolute atomic E-state index is 4.37. The van der Waals surface area contributed by atoms with Gasteiger partial charge in [0.05, 0.1) is 0 Å². The van der Waals surface area contributed by atoms with E-state index < -0.39 is 0 Å². The lowest BCUT2D eigenvalue weighted by Crippen LogP contribution is -2.17. The summed E-state index contributed by atoms with van der Waals surface area (Å²) in [6.07, 6.45) is 2.96. The Morgan fingerprint density at radius 2 is 2.24 bits per heavy atom. The summed E-state index contributed by atoms with van der Waals surface area (Å²) in [4.78, 5) is 4.37. The van der Waals surface area contributed by atoms with Crippen LogP contribution in [0.5, 0.6) is 0 Å². The summed E-state index contributed by atoms with van der Waals surface area (Å²) in [7, 11) is 0. The van der Waals surface area contributed by atoms with Crippen LogP contribution >= 0.6 is 15.9 Å². The van der Waals surface area contributed by atoms with Crippen LogP contribution in [0.4, 0.5) is 5.95 Å². The third kappa shape index (κ3) is 3.41. The van der Waals surface area contributed by atoms with Crippen molar-refractivity contribution < 1.29 is 0 Å². The molecule has 0 atom stereocenters. The fourth-order valence-electron chi connectivity index (χ4n) is 1.52. The summed E-state index contributed by atoms with van der Waals surface area (Å²) in [6, 6.07) is 3.89. The van der Waals surface area contributed by atoms with Gasteiger partial charge in [0.15, 0.2) is 5.65 Å². The first-order valence-electron chi connectivity index (χ1n) is 5.76. The Bertz CT molecular complexity index is 482. The van der Waals surface area contributed by atoms with Crippen molar-refractivity contribution in [2.75, 3.05) is 25.0 Å². The topological polar surface area (TPSA) is 54.2 Å². The molecule has 0 aliphatic carbocycles. The van der Waals surface area contributed by atoms with E-state index in [0.29, 0.717) is 5.95 Å². The molecule has 6 heteroatoms. The molecule has 0 saturated heterocycles. The summed E-state index contributed by atoms with van der Waals surface area (Å²) in [5.74, 6) is 0.680. The molecule has 2 rings (SSSR count). The Hall–Kier alpha value is -1.14. The van der Waals surface area contributed by atoms with Crippen LogP contribution in [0, 0.1) is 0 Å². The molecule has 5 nitrogen and oxygen atoms in total. The number of hydrogen-bond donors (Lipinski definition) is 2. The molecule has 0 saturated carbocycles. The molecular formula is C11H16BrN5. The van der Waals surface area contributed by atoms with Gasteiger partial charge in [0.2, 0.25) is 5.95 Å². The average molecular weight is 298 g/mol. The number of fused-ring (bicyclic) bond motifs is 1. The number of nitrogens with one attached hydrogen (secondary N) is 2. The van der Waals surface area contributed by atoms with Crippen LogP contribution in [-0.2, 0) is 0 Å². The Labute approximate surface area is 109 Å². The van der Waals surface area contributed by atoms with E-state index in [1.54, 1.807) is 4.52 Å². The van der Waals surface area contributed by atoms with Gasteiger partial charge in [-0.1, -0.05) is 6.92 Å². The number of aromatic nitrogens is 3. The normalized spacial score (nSPS) is 10.9. The second-order valence-electron chi connectivity index (χ2n) is 3.72. The number of nitrogens with zero attached hydrogens (tertiary/aromatic N) is 3. The van der Waals surface area contributed by atoms with Gasteiger partial charge in [0, 0.05) is 17.2 Å². The standard InChI is InChI=1S/C11H16BrN5/c1-2-13-6-3-7-14-11-15-10-5-4-9(12)8-17(10)16-11/h4-5,8,13H,2-3,6-7H2,1H3,(H,14,16). The van der Waals surface area contributed by atoms with Gasteiger partial charge in [0.1, 0.15) is 0 Å². The second kappa shape index (κ2) is 5.97. The zero-order chi connectivity index (χ0) is 12.1. The van der Waals surface area contributed by atoms with Crippen LogP contribution in [0.3, 0.4) is 0 Å². The van der Waals surface area contributed by atoms with E-state index in [4.69, 9.17) is 0 Å². The lowest BCUT2D eigenvalue weighted by Gasteiger charge is -2.01. The van der Waals surface area contributed by atoms with Crippen LogP contribution in [-0.4, -0.2) is 34.2 Å². The van der Waals surface area contributed by atoms with E-state index in [2.05, 4.69) is 43.6 Å². The van der Waals surface area contributed by atoms with Crippen LogP contribution in [0.2, 0.25) is 0 Å². The van der Waals surface area contributed by atoms with Crippen LogP contribution < -0.4 is 10.6 Å². The minimum Gasteiger partial charge on any atom is -0.353 e. The predicted octanol–water partition coefficient (Wildman–Crippen LogP) is 1.90. The average Bonchev–Trinajstić information content (AvgIpc) is 2.70. The second-order valence-corrected chi connectivity index (χ2v) is 4.64. The van der Waals surface area contributed by atoms with Gasteiger partial charge in [0.25, 0.3) is 0 Å². The zero-order valence-corrected chi connectivity index (χ0v) is 11.4. The quantitative estimate of drug-likeness (QED) is 0.800. The van der Waals surface area contributed by atoms with Gasteiger partial charge >= 0.3 is 0 Å². The summed E-state index contributed by atoms with van der Waals surface area (Å²) in [5.41, 5.74) is 0.849. The molecule has 0 unspecified atom stereocenters. The minimum absolute atomic E-state index is 0.680.